The van der Waals surface area contributed by atoms with Gasteiger partial charge in [-0.2, -0.15) is 0 Å². The molecule has 1 aliphatic heterocycles. The molecule has 2 aromatic carbocycles. The van der Waals surface area contributed by atoms with E-state index in [0.717, 1.165) is 0 Å². The van der Waals surface area contributed by atoms with Crippen molar-refractivity contribution >= 4 is 34.1 Å². The molecule has 8 nitrogen and oxygen atoms in total. The van der Waals surface area contributed by atoms with E-state index in [4.69, 9.17) is 9.47 Å². The third-order valence-electron chi connectivity index (χ3n) is 4.26. The molecule has 0 aliphatic carbocycles. The van der Waals surface area contributed by atoms with Crippen LogP contribution < -0.4 is 5.32 Å². The molecule has 0 saturated heterocycles. The number of nitrogens with zero attached hydrogens (tertiary/aromatic N) is 1. The maximum Gasteiger partial charge on any atom is 0.329 e. The van der Waals surface area contributed by atoms with Gasteiger partial charge in [0, 0.05) is 23.9 Å². The molecule has 24 heavy (non-hydrogen) atoms. The zero-order valence-corrected chi connectivity index (χ0v) is 13.0. The predicted molar refractivity (Wildman–Crippen MR) is 84.8 cm³/mol. The first kappa shape index (κ1) is 15.7. The molecule has 0 aromatic heterocycles. The second-order valence-electron chi connectivity index (χ2n) is 5.36. The number of anilines is 1. The summed E-state index contributed by atoms with van der Waals surface area (Å²) in [7, 11) is 2.36. The number of rotatable bonds is 3. The van der Waals surface area contributed by atoms with Crippen molar-refractivity contribution in [2.24, 2.45) is 0 Å². The maximum absolute atomic E-state index is 12.5. The zero-order chi connectivity index (χ0) is 17.5. The van der Waals surface area contributed by atoms with E-state index in [9.17, 15) is 19.7 Å². The van der Waals surface area contributed by atoms with Crippen LogP contribution in [0.1, 0.15) is 5.56 Å². The molecule has 0 spiro atoms. The van der Waals surface area contributed by atoms with Gasteiger partial charge in [0.1, 0.15) is 0 Å². The molecule has 0 bridgehead atoms. The highest BCUT2D eigenvalue weighted by molar-refractivity contribution is 6.15. The van der Waals surface area contributed by atoms with Crippen LogP contribution in [0.5, 0.6) is 0 Å². The summed E-state index contributed by atoms with van der Waals surface area (Å²) in [6.45, 7) is -0.0904. The van der Waals surface area contributed by atoms with E-state index in [-0.39, 0.29) is 12.2 Å². The van der Waals surface area contributed by atoms with Gasteiger partial charge < -0.3 is 14.8 Å². The van der Waals surface area contributed by atoms with E-state index in [2.05, 4.69) is 5.32 Å². The summed E-state index contributed by atoms with van der Waals surface area (Å²) in [5, 5.41) is 15.0. The predicted octanol–water partition coefficient (Wildman–Crippen LogP) is 1.76. The number of benzene rings is 2. The molecular weight excluding hydrogens is 316 g/mol. The van der Waals surface area contributed by atoms with Crippen LogP contribution in [0.3, 0.4) is 0 Å². The molecule has 0 amide bonds. The van der Waals surface area contributed by atoms with Gasteiger partial charge in [0.2, 0.25) is 5.41 Å². The molecule has 1 heterocycles. The van der Waals surface area contributed by atoms with Crippen molar-refractivity contribution in [3.05, 3.63) is 46.0 Å². The monoisotopic (exact) mass is 330 g/mol. The molecule has 0 atom stereocenters. The third kappa shape index (κ3) is 1.92. The zero-order valence-electron chi connectivity index (χ0n) is 13.0. The lowest BCUT2D eigenvalue weighted by molar-refractivity contribution is -0.383. The fraction of sp³-hybridized carbons (Fsp3) is 0.250. The molecule has 0 saturated carbocycles. The molecular formula is C16H14N2O6. The largest absolute Gasteiger partial charge is 0.468 e. The summed E-state index contributed by atoms with van der Waals surface area (Å²) in [5.41, 5.74) is -1.13. The number of carbonyl (C=O) groups excluding carboxylic acids is 2. The van der Waals surface area contributed by atoms with E-state index in [1.807, 2.05) is 0 Å². The maximum atomic E-state index is 12.5. The molecule has 1 aliphatic rings. The van der Waals surface area contributed by atoms with E-state index in [1.165, 1.54) is 20.3 Å². The van der Waals surface area contributed by atoms with Gasteiger partial charge in [-0.25, -0.2) is 0 Å². The van der Waals surface area contributed by atoms with Gasteiger partial charge in [0.25, 0.3) is 5.69 Å². The number of non-ortho nitro benzene ring substituents is 1. The summed E-state index contributed by atoms with van der Waals surface area (Å²) in [4.78, 5) is 35.8. The molecule has 0 unspecified atom stereocenters. The highest BCUT2D eigenvalue weighted by Gasteiger charge is 2.56. The van der Waals surface area contributed by atoms with Crippen LogP contribution in [0, 0.1) is 10.1 Å². The second kappa shape index (κ2) is 5.48. The number of esters is 2. The van der Waals surface area contributed by atoms with Gasteiger partial charge in [-0.3, -0.25) is 19.7 Å². The Balaban J connectivity index is 2.43. The van der Waals surface area contributed by atoms with Crippen LogP contribution >= 0.6 is 0 Å². The summed E-state index contributed by atoms with van der Waals surface area (Å²) >= 11 is 0. The summed E-state index contributed by atoms with van der Waals surface area (Å²) in [6.07, 6.45) is 0. The topological polar surface area (TPSA) is 108 Å². The van der Waals surface area contributed by atoms with Crippen molar-refractivity contribution in [1.82, 2.24) is 0 Å². The smallest absolute Gasteiger partial charge is 0.329 e. The molecule has 124 valence electrons. The Hall–Kier alpha value is -3.16. The van der Waals surface area contributed by atoms with Crippen molar-refractivity contribution in [2.45, 2.75) is 5.41 Å². The minimum absolute atomic E-state index is 0.0904. The van der Waals surface area contributed by atoms with E-state index in [1.54, 1.807) is 24.3 Å². The standard InChI is InChI=1S/C16H14N2O6/c1-23-14(19)16(15(20)24-2)8-17-11-7-12(18(21)22)9-5-3-4-6-10(9)13(11)16/h3-7,17H,8H2,1-2H3. The number of fused-ring (bicyclic) bond motifs is 3. The van der Waals surface area contributed by atoms with Gasteiger partial charge in [0.15, 0.2) is 0 Å². The Morgan fingerprint density at radius 1 is 1.17 bits per heavy atom. The van der Waals surface area contributed by atoms with E-state index < -0.39 is 22.3 Å². The molecule has 0 radical (unpaired) electrons. The summed E-state index contributed by atoms with van der Waals surface area (Å²) in [5.74, 6) is -1.56. The first-order valence-electron chi connectivity index (χ1n) is 7.08. The van der Waals surface area contributed by atoms with Crippen LogP contribution in [-0.4, -0.2) is 37.6 Å². The lowest BCUT2D eigenvalue weighted by atomic mass is 9.79. The van der Waals surface area contributed by atoms with E-state index in [0.29, 0.717) is 22.0 Å². The van der Waals surface area contributed by atoms with Crippen molar-refractivity contribution in [3.8, 4) is 0 Å². The summed E-state index contributed by atoms with van der Waals surface area (Å²) in [6, 6.07) is 7.87. The van der Waals surface area contributed by atoms with Gasteiger partial charge in [-0.1, -0.05) is 18.2 Å². The Morgan fingerprint density at radius 3 is 2.29 bits per heavy atom. The molecule has 1 N–H and O–H groups in total. The lowest BCUT2D eigenvalue weighted by Gasteiger charge is -2.24. The highest BCUT2D eigenvalue weighted by atomic mass is 16.6. The Morgan fingerprint density at radius 2 is 1.75 bits per heavy atom. The number of carbonyl (C=O) groups is 2. The van der Waals surface area contributed by atoms with Gasteiger partial charge in [-0.05, 0) is 11.5 Å². The van der Waals surface area contributed by atoms with Crippen LogP contribution in [0.2, 0.25) is 0 Å². The van der Waals surface area contributed by atoms with Crippen LogP contribution in [0.15, 0.2) is 30.3 Å². The van der Waals surface area contributed by atoms with Crippen molar-refractivity contribution in [1.29, 1.82) is 0 Å². The number of ether oxygens (including phenoxy) is 2. The SMILES string of the molecule is COC(=O)C1(C(=O)OC)CNc2cc([N+](=O)[O-])c3ccccc3c21. The minimum atomic E-state index is -1.70. The molecule has 8 heteroatoms. The van der Waals surface area contributed by atoms with Crippen LogP contribution in [0.4, 0.5) is 11.4 Å². The van der Waals surface area contributed by atoms with Crippen LogP contribution in [-0.2, 0) is 24.5 Å². The second-order valence-corrected chi connectivity index (χ2v) is 5.36. The van der Waals surface area contributed by atoms with Crippen LogP contribution in [0.25, 0.3) is 10.8 Å². The Kier molecular flexibility index (Phi) is 3.59. The fourth-order valence-electron chi connectivity index (χ4n) is 3.20. The first-order valence-corrected chi connectivity index (χ1v) is 7.08. The van der Waals surface area contributed by atoms with Crippen molar-refractivity contribution in [2.75, 3.05) is 26.1 Å². The van der Waals surface area contributed by atoms with Gasteiger partial charge in [-0.15, -0.1) is 0 Å². The van der Waals surface area contributed by atoms with Gasteiger partial charge in [0.05, 0.1) is 24.5 Å². The first-order chi connectivity index (χ1) is 11.5. The molecule has 3 rings (SSSR count). The highest BCUT2D eigenvalue weighted by Crippen LogP contribution is 2.46. The molecule has 0 fully saturated rings. The number of methoxy groups -OCH3 is 2. The quantitative estimate of drug-likeness (QED) is 0.395. The fourth-order valence-corrected chi connectivity index (χ4v) is 3.20. The average Bonchev–Trinajstić information content (AvgIpc) is 3.00. The van der Waals surface area contributed by atoms with Gasteiger partial charge >= 0.3 is 11.9 Å². The van der Waals surface area contributed by atoms with Crippen molar-refractivity contribution < 1.29 is 24.0 Å². The molecule has 2 aromatic rings. The summed E-state index contributed by atoms with van der Waals surface area (Å²) < 4.78 is 9.66. The van der Waals surface area contributed by atoms with Crippen molar-refractivity contribution in [3.63, 3.8) is 0 Å². The average molecular weight is 330 g/mol. The third-order valence-corrected chi connectivity index (χ3v) is 4.26. The number of nitro groups is 1. The number of hydrogen-bond acceptors (Lipinski definition) is 7. The number of hydrogen-bond donors (Lipinski definition) is 1. The number of nitrogens with one attached hydrogen (secondary N) is 1. The minimum Gasteiger partial charge on any atom is -0.468 e. The Bertz CT molecular complexity index is 860. The number of nitro benzene ring substituents is 1. The normalized spacial score (nSPS) is 14.6. The lowest BCUT2D eigenvalue weighted by Crippen LogP contribution is -2.47. The van der Waals surface area contributed by atoms with E-state index >= 15 is 0 Å². The Labute approximate surface area is 136 Å².